The molecule has 0 saturated heterocycles. The maximum absolute atomic E-state index is 10.6. The van der Waals surface area contributed by atoms with Crippen LogP contribution in [0.25, 0.3) is 0 Å². The smallest absolute Gasteiger partial charge is 0.222 e. The quantitative estimate of drug-likeness (QED) is 0.462. The minimum Gasteiger partial charge on any atom is -0.264 e. The molecule has 0 aliphatic rings. The van der Waals surface area contributed by atoms with Crippen LogP contribution in [0.1, 0.15) is 13.3 Å². The van der Waals surface area contributed by atoms with E-state index in [1.165, 1.54) is 11.8 Å². The molecule has 1 aromatic carbocycles. The highest BCUT2D eigenvalue weighted by Crippen LogP contribution is 2.34. The molecule has 0 spiro atoms. The Balaban J connectivity index is 2.70. The van der Waals surface area contributed by atoms with Crippen LogP contribution in [0.4, 0.5) is 0 Å². The van der Waals surface area contributed by atoms with E-state index in [2.05, 4.69) is 0 Å². The van der Waals surface area contributed by atoms with Crippen LogP contribution >= 0.6 is 35.0 Å². The molecule has 6 heteroatoms. The maximum Gasteiger partial charge on any atom is 0.222 e. The molecule has 1 unspecified atom stereocenters. The third-order valence-electron chi connectivity index (χ3n) is 2.11. The Morgan fingerprint density at radius 2 is 2.00 bits per heavy atom. The van der Waals surface area contributed by atoms with Gasteiger partial charge in [-0.15, -0.1) is 11.8 Å². The average Bonchev–Trinajstić information content (AvgIpc) is 2.22. The summed E-state index contributed by atoms with van der Waals surface area (Å²) in [5.74, 6) is 0.382. The number of benzene rings is 1. The van der Waals surface area contributed by atoms with Crippen LogP contribution in [-0.4, -0.2) is 16.7 Å². The van der Waals surface area contributed by atoms with Gasteiger partial charge < -0.3 is 0 Å². The fourth-order valence-corrected chi connectivity index (χ4v) is 2.98. The molecule has 0 heterocycles. The molecule has 1 atom stereocenters. The Morgan fingerprint density at radius 1 is 1.44 bits per heavy atom. The molecule has 0 bridgehead atoms. The molecule has 0 aliphatic carbocycles. The van der Waals surface area contributed by atoms with Gasteiger partial charge >= 0.3 is 0 Å². The number of halogens is 2. The first-order valence-electron chi connectivity index (χ1n) is 4.76. The van der Waals surface area contributed by atoms with Gasteiger partial charge in [0.1, 0.15) is 0 Å². The Bertz CT molecular complexity index is 367. The monoisotopic (exact) mass is 279 g/mol. The van der Waals surface area contributed by atoms with E-state index in [0.29, 0.717) is 27.1 Å². The molecule has 0 radical (unpaired) electrons. The molecular weight excluding hydrogens is 269 g/mol. The molecule has 16 heavy (non-hydrogen) atoms. The maximum atomic E-state index is 10.6. The zero-order valence-corrected chi connectivity index (χ0v) is 11.0. The predicted octanol–water partition coefficient (Wildman–Crippen LogP) is 4.14. The topological polar surface area (TPSA) is 43.1 Å². The van der Waals surface area contributed by atoms with Crippen LogP contribution in [0.3, 0.4) is 0 Å². The highest BCUT2D eigenvalue weighted by Gasteiger charge is 2.19. The van der Waals surface area contributed by atoms with Crippen LogP contribution in [0.2, 0.25) is 10.0 Å². The Labute approximate surface area is 108 Å². The van der Waals surface area contributed by atoms with E-state index in [9.17, 15) is 10.1 Å². The second kappa shape index (κ2) is 6.33. The fourth-order valence-electron chi connectivity index (χ4n) is 1.13. The van der Waals surface area contributed by atoms with E-state index in [1.54, 1.807) is 25.1 Å². The van der Waals surface area contributed by atoms with Gasteiger partial charge in [-0.2, -0.15) is 0 Å². The highest BCUT2D eigenvalue weighted by atomic mass is 35.5. The zero-order chi connectivity index (χ0) is 12.1. The number of thioether (sulfide) groups is 1. The normalized spacial score (nSPS) is 12.4. The fraction of sp³-hybridized carbons (Fsp3) is 0.400. The van der Waals surface area contributed by atoms with Gasteiger partial charge in [0.15, 0.2) is 0 Å². The lowest BCUT2D eigenvalue weighted by atomic mass is 10.3. The number of nitrogens with zero attached hydrogens (tertiary/aromatic N) is 1. The summed E-state index contributed by atoms with van der Waals surface area (Å²) < 4.78 is 0. The summed E-state index contributed by atoms with van der Waals surface area (Å²) in [5, 5.41) is 11.7. The van der Waals surface area contributed by atoms with Crippen molar-refractivity contribution in [3.05, 3.63) is 38.4 Å². The summed E-state index contributed by atoms with van der Waals surface area (Å²) in [6, 6.07) is 4.64. The second-order valence-corrected chi connectivity index (χ2v) is 5.05. The van der Waals surface area contributed by atoms with E-state index in [4.69, 9.17) is 23.2 Å². The van der Waals surface area contributed by atoms with Crippen LogP contribution in [0, 0.1) is 10.1 Å². The van der Waals surface area contributed by atoms with Crippen molar-refractivity contribution in [3.63, 3.8) is 0 Å². The van der Waals surface area contributed by atoms with Crippen molar-refractivity contribution in [2.45, 2.75) is 24.3 Å². The Morgan fingerprint density at radius 3 is 2.44 bits per heavy atom. The van der Waals surface area contributed by atoms with Crippen molar-refractivity contribution in [2.24, 2.45) is 0 Å². The van der Waals surface area contributed by atoms with Crippen LogP contribution in [0.15, 0.2) is 23.1 Å². The lowest BCUT2D eigenvalue weighted by Crippen LogP contribution is -2.20. The van der Waals surface area contributed by atoms with E-state index in [-0.39, 0.29) is 4.92 Å². The molecule has 3 nitrogen and oxygen atoms in total. The molecule has 0 aromatic heterocycles. The van der Waals surface area contributed by atoms with Crippen molar-refractivity contribution in [1.29, 1.82) is 0 Å². The summed E-state index contributed by atoms with van der Waals surface area (Å²) in [7, 11) is 0. The SMILES string of the molecule is CCC(CSc1c(Cl)cccc1Cl)[N+](=O)[O-]. The number of hydrogen-bond acceptors (Lipinski definition) is 3. The predicted molar refractivity (Wildman–Crippen MR) is 68.3 cm³/mol. The third kappa shape index (κ3) is 3.54. The molecule has 1 aromatic rings. The van der Waals surface area contributed by atoms with Crippen LogP contribution in [-0.2, 0) is 0 Å². The van der Waals surface area contributed by atoms with Gasteiger partial charge in [0.25, 0.3) is 0 Å². The summed E-state index contributed by atoms with van der Waals surface area (Å²) >= 11 is 13.3. The van der Waals surface area contributed by atoms with Crippen molar-refractivity contribution >= 4 is 35.0 Å². The van der Waals surface area contributed by atoms with Gasteiger partial charge in [0, 0.05) is 16.2 Å². The van der Waals surface area contributed by atoms with E-state index in [0.717, 1.165) is 0 Å². The third-order valence-corrected chi connectivity index (χ3v) is 4.24. The molecule has 0 aliphatic heterocycles. The largest absolute Gasteiger partial charge is 0.264 e. The average molecular weight is 280 g/mol. The number of rotatable bonds is 5. The summed E-state index contributed by atoms with van der Waals surface area (Å²) in [6.45, 7) is 1.79. The standard InChI is InChI=1S/C10H11Cl2NO2S/c1-2-7(13(14)15)6-16-10-8(11)4-3-5-9(10)12/h3-5,7H,2,6H2,1H3. The van der Waals surface area contributed by atoms with Gasteiger partial charge in [-0.25, -0.2) is 0 Å². The lowest BCUT2D eigenvalue weighted by Gasteiger charge is -2.08. The van der Waals surface area contributed by atoms with Crippen molar-refractivity contribution in [2.75, 3.05) is 5.75 Å². The highest BCUT2D eigenvalue weighted by molar-refractivity contribution is 7.99. The van der Waals surface area contributed by atoms with Crippen molar-refractivity contribution in [1.82, 2.24) is 0 Å². The van der Waals surface area contributed by atoms with Gasteiger partial charge in [-0.3, -0.25) is 10.1 Å². The van der Waals surface area contributed by atoms with Gasteiger partial charge in [-0.05, 0) is 12.1 Å². The van der Waals surface area contributed by atoms with Crippen molar-refractivity contribution in [3.8, 4) is 0 Å². The zero-order valence-electron chi connectivity index (χ0n) is 8.65. The minimum atomic E-state index is -0.558. The minimum absolute atomic E-state index is 0.266. The second-order valence-electron chi connectivity index (χ2n) is 3.21. The van der Waals surface area contributed by atoms with E-state index < -0.39 is 6.04 Å². The Kier molecular flexibility index (Phi) is 5.38. The number of nitro groups is 1. The summed E-state index contributed by atoms with van der Waals surface area (Å²) in [6.07, 6.45) is 0.502. The molecule has 88 valence electrons. The first-order chi connectivity index (χ1) is 7.56. The number of hydrogen-bond donors (Lipinski definition) is 0. The molecule has 0 N–H and O–H groups in total. The lowest BCUT2D eigenvalue weighted by molar-refractivity contribution is -0.516. The van der Waals surface area contributed by atoms with Crippen LogP contribution in [0.5, 0.6) is 0 Å². The first-order valence-corrected chi connectivity index (χ1v) is 6.50. The summed E-state index contributed by atoms with van der Waals surface area (Å²) in [5.41, 5.74) is 0. The van der Waals surface area contributed by atoms with Gasteiger partial charge in [0.05, 0.1) is 15.8 Å². The van der Waals surface area contributed by atoms with E-state index in [1.807, 2.05) is 0 Å². The summed E-state index contributed by atoms with van der Waals surface area (Å²) in [4.78, 5) is 11.1. The molecule has 0 saturated carbocycles. The first kappa shape index (κ1) is 13.6. The van der Waals surface area contributed by atoms with Crippen molar-refractivity contribution < 1.29 is 4.92 Å². The van der Waals surface area contributed by atoms with Crippen LogP contribution < -0.4 is 0 Å². The molecular formula is C10H11Cl2NO2S. The molecule has 0 fully saturated rings. The Hall–Kier alpha value is -0.450. The van der Waals surface area contributed by atoms with Gasteiger partial charge in [-0.1, -0.05) is 36.2 Å². The van der Waals surface area contributed by atoms with Gasteiger partial charge in [0.2, 0.25) is 6.04 Å². The van der Waals surface area contributed by atoms with E-state index >= 15 is 0 Å². The molecule has 0 amide bonds. The molecule has 1 rings (SSSR count).